The van der Waals surface area contributed by atoms with E-state index in [1.807, 2.05) is 6.07 Å². The fourth-order valence-electron chi connectivity index (χ4n) is 4.02. The number of ether oxygens (including phenoxy) is 2. The number of alkyl halides is 3. The summed E-state index contributed by atoms with van der Waals surface area (Å²) >= 11 is 0. The Labute approximate surface area is 184 Å². The van der Waals surface area contributed by atoms with Crippen LogP contribution >= 0.6 is 0 Å². The van der Waals surface area contributed by atoms with Gasteiger partial charge in [0.15, 0.2) is 11.5 Å². The summed E-state index contributed by atoms with van der Waals surface area (Å²) in [6.45, 7) is 4.38. The molecular weight excluding hydrogens is 423 g/mol. The van der Waals surface area contributed by atoms with Gasteiger partial charge in [-0.1, -0.05) is 12.1 Å². The number of methoxy groups -OCH3 is 1. The van der Waals surface area contributed by atoms with Gasteiger partial charge in [-0.05, 0) is 24.1 Å². The van der Waals surface area contributed by atoms with E-state index >= 15 is 0 Å². The van der Waals surface area contributed by atoms with Crippen molar-refractivity contribution in [1.29, 1.82) is 0 Å². The third-order valence-electron chi connectivity index (χ3n) is 5.74. The maximum absolute atomic E-state index is 13.4. The van der Waals surface area contributed by atoms with Crippen LogP contribution in [-0.4, -0.2) is 55.1 Å². The quantitative estimate of drug-likeness (QED) is 0.620. The average molecular weight is 449 g/mol. The molecule has 1 saturated heterocycles. The van der Waals surface area contributed by atoms with E-state index in [-0.39, 0.29) is 18.6 Å². The largest absolute Gasteiger partial charge is 0.416 e. The molecule has 0 aliphatic carbocycles. The van der Waals surface area contributed by atoms with E-state index in [2.05, 4.69) is 10.2 Å². The van der Waals surface area contributed by atoms with Gasteiger partial charge in [-0.3, -0.25) is 0 Å². The van der Waals surface area contributed by atoms with Crippen LogP contribution in [0.2, 0.25) is 0 Å². The second-order valence-electron chi connectivity index (χ2n) is 7.70. The Bertz CT molecular complexity index is 1110. The Morgan fingerprint density at radius 3 is 2.62 bits per heavy atom. The molecule has 1 aliphatic heterocycles. The van der Waals surface area contributed by atoms with E-state index in [1.54, 1.807) is 24.7 Å². The van der Waals surface area contributed by atoms with Crippen molar-refractivity contribution < 1.29 is 22.6 Å². The molecule has 1 N–H and O–H groups in total. The van der Waals surface area contributed by atoms with Gasteiger partial charge in [-0.2, -0.15) is 13.2 Å². The lowest BCUT2D eigenvalue weighted by atomic mass is 9.98. The topological polar surface area (TPSA) is 63.9 Å². The molecule has 7 nitrogen and oxygen atoms in total. The molecule has 0 amide bonds. The van der Waals surface area contributed by atoms with E-state index < -0.39 is 11.7 Å². The van der Waals surface area contributed by atoms with Crippen LogP contribution in [0.1, 0.15) is 28.1 Å². The number of nitrogens with zero attached hydrogens (tertiary/aromatic N) is 4. The second kappa shape index (κ2) is 8.95. The zero-order chi connectivity index (χ0) is 22.9. The van der Waals surface area contributed by atoms with Crippen LogP contribution in [0.25, 0.3) is 5.65 Å². The van der Waals surface area contributed by atoms with Crippen molar-refractivity contribution in [2.75, 3.05) is 50.7 Å². The van der Waals surface area contributed by atoms with E-state index in [0.29, 0.717) is 48.9 Å². The lowest BCUT2D eigenvalue weighted by molar-refractivity contribution is -0.138. The number of halogens is 3. The van der Waals surface area contributed by atoms with Gasteiger partial charge < -0.3 is 19.7 Å². The van der Waals surface area contributed by atoms with Crippen LogP contribution in [-0.2, 0) is 28.7 Å². The first-order valence-corrected chi connectivity index (χ1v) is 10.4. The lowest BCUT2D eigenvalue weighted by Gasteiger charge is -2.28. The van der Waals surface area contributed by atoms with Gasteiger partial charge in [0.25, 0.3) is 0 Å². The van der Waals surface area contributed by atoms with E-state index in [9.17, 15) is 13.2 Å². The fraction of sp³-hybridized carbons (Fsp3) is 0.455. The molecule has 4 rings (SSSR count). The van der Waals surface area contributed by atoms with Crippen molar-refractivity contribution in [2.45, 2.75) is 26.1 Å². The van der Waals surface area contributed by atoms with Gasteiger partial charge in [0.05, 0.1) is 42.5 Å². The third kappa shape index (κ3) is 4.24. The van der Waals surface area contributed by atoms with Crippen LogP contribution in [0.5, 0.6) is 0 Å². The molecule has 1 aliphatic rings. The lowest BCUT2D eigenvalue weighted by Crippen LogP contribution is -2.37. The summed E-state index contributed by atoms with van der Waals surface area (Å²) in [6.07, 6.45) is -4.16. The minimum atomic E-state index is -4.41. The van der Waals surface area contributed by atoms with Crippen molar-refractivity contribution in [3.05, 3.63) is 52.3 Å². The summed E-state index contributed by atoms with van der Waals surface area (Å²) < 4.78 is 52.8. The van der Waals surface area contributed by atoms with E-state index in [4.69, 9.17) is 19.6 Å². The summed E-state index contributed by atoms with van der Waals surface area (Å²) in [5, 5.41) is 7.98. The number of anilines is 2. The number of hydrogen-bond donors (Lipinski definition) is 1. The van der Waals surface area contributed by atoms with Crippen molar-refractivity contribution in [2.24, 2.45) is 0 Å². The molecule has 1 fully saturated rings. The molecular formula is C22H26F3N5O2. The molecule has 3 aromatic rings. The average Bonchev–Trinajstić information content (AvgIpc) is 3.11. The number of hydrogen-bond acceptors (Lipinski definition) is 6. The number of benzene rings is 1. The number of aromatic nitrogens is 3. The third-order valence-corrected chi connectivity index (χ3v) is 5.74. The minimum absolute atomic E-state index is 0.205. The molecule has 2 aromatic heterocycles. The summed E-state index contributed by atoms with van der Waals surface area (Å²) in [4.78, 5) is 6.83. The van der Waals surface area contributed by atoms with E-state index in [1.165, 1.54) is 13.0 Å². The Hall–Kier alpha value is -2.85. The molecule has 3 heterocycles. The molecule has 0 bridgehead atoms. The van der Waals surface area contributed by atoms with Crippen LogP contribution in [0.15, 0.2) is 24.3 Å². The number of fused-ring (bicyclic) bond motifs is 1. The van der Waals surface area contributed by atoms with Crippen molar-refractivity contribution in [3.8, 4) is 0 Å². The Morgan fingerprint density at radius 2 is 1.97 bits per heavy atom. The molecule has 0 spiro atoms. The highest BCUT2D eigenvalue weighted by Crippen LogP contribution is 2.34. The Morgan fingerprint density at radius 1 is 1.22 bits per heavy atom. The predicted molar refractivity (Wildman–Crippen MR) is 115 cm³/mol. The first-order valence-electron chi connectivity index (χ1n) is 10.4. The molecule has 172 valence electrons. The first kappa shape index (κ1) is 22.3. The normalized spacial score (nSPS) is 14.9. The Kier molecular flexibility index (Phi) is 6.25. The van der Waals surface area contributed by atoms with Crippen LogP contribution in [0, 0.1) is 6.92 Å². The molecule has 10 heteroatoms. The standard InChI is InChI=1S/C22H26F3N5O2/c1-14-15(5-4-6-16(14)22(23,24)25)11-19-18(13-31-3)27-21-17(26-2)12-20(28-30(19)21)29-7-9-32-10-8-29/h4-6,12,26H,7-11,13H2,1-3H3. The van der Waals surface area contributed by atoms with Crippen molar-refractivity contribution in [3.63, 3.8) is 0 Å². The monoisotopic (exact) mass is 449 g/mol. The van der Waals surface area contributed by atoms with Crippen LogP contribution in [0.4, 0.5) is 24.7 Å². The number of nitrogens with one attached hydrogen (secondary N) is 1. The van der Waals surface area contributed by atoms with Gasteiger partial charge in [0.1, 0.15) is 0 Å². The molecule has 1 aromatic carbocycles. The van der Waals surface area contributed by atoms with Gasteiger partial charge in [0, 0.05) is 39.7 Å². The van der Waals surface area contributed by atoms with E-state index in [0.717, 1.165) is 17.6 Å². The second-order valence-corrected chi connectivity index (χ2v) is 7.70. The summed E-state index contributed by atoms with van der Waals surface area (Å²) in [6, 6.07) is 6.20. The highest BCUT2D eigenvalue weighted by Gasteiger charge is 2.33. The zero-order valence-corrected chi connectivity index (χ0v) is 18.3. The fourth-order valence-corrected chi connectivity index (χ4v) is 4.02. The number of morpholine rings is 1. The minimum Gasteiger partial charge on any atom is -0.385 e. The molecule has 0 saturated carbocycles. The zero-order valence-electron chi connectivity index (χ0n) is 18.3. The van der Waals surface area contributed by atoms with Gasteiger partial charge >= 0.3 is 6.18 Å². The highest BCUT2D eigenvalue weighted by atomic mass is 19.4. The van der Waals surface area contributed by atoms with Crippen molar-refractivity contribution >= 4 is 17.2 Å². The molecule has 0 unspecified atom stereocenters. The summed E-state index contributed by atoms with van der Waals surface area (Å²) in [5.74, 6) is 0.758. The first-order chi connectivity index (χ1) is 15.3. The SMILES string of the molecule is CNc1cc(N2CCOCC2)nn2c(Cc3cccc(C(F)(F)F)c3C)c(COC)nc12. The molecule has 32 heavy (non-hydrogen) atoms. The number of imidazole rings is 1. The predicted octanol–water partition coefficient (Wildman–Crippen LogP) is 3.67. The maximum atomic E-state index is 13.4. The van der Waals surface area contributed by atoms with Crippen LogP contribution in [0.3, 0.4) is 0 Å². The summed E-state index contributed by atoms with van der Waals surface area (Å²) in [7, 11) is 3.37. The molecule has 0 atom stereocenters. The van der Waals surface area contributed by atoms with Gasteiger partial charge in [-0.25, -0.2) is 9.50 Å². The molecule has 0 radical (unpaired) electrons. The number of rotatable bonds is 6. The van der Waals surface area contributed by atoms with Crippen LogP contribution < -0.4 is 10.2 Å². The van der Waals surface area contributed by atoms with Gasteiger partial charge in [-0.15, -0.1) is 5.10 Å². The van der Waals surface area contributed by atoms with Crippen molar-refractivity contribution in [1.82, 2.24) is 14.6 Å². The smallest absolute Gasteiger partial charge is 0.385 e. The maximum Gasteiger partial charge on any atom is 0.416 e. The Balaban J connectivity index is 1.85. The van der Waals surface area contributed by atoms with Gasteiger partial charge in [0.2, 0.25) is 0 Å². The highest BCUT2D eigenvalue weighted by molar-refractivity contribution is 5.71. The summed E-state index contributed by atoms with van der Waals surface area (Å²) in [5.41, 5.74) is 2.89.